The van der Waals surface area contributed by atoms with Gasteiger partial charge in [0.1, 0.15) is 22.7 Å². The number of rotatable bonds is 16. The van der Waals surface area contributed by atoms with Crippen LogP contribution in [0, 0.1) is 13.8 Å². The second kappa shape index (κ2) is 22.7. The lowest BCUT2D eigenvalue weighted by atomic mass is 10.0. The minimum Gasteiger partial charge on any atom is -0.505 e. The predicted molar refractivity (Wildman–Crippen MR) is 295 cm³/mol. The Balaban J connectivity index is 0.967. The summed E-state index contributed by atoms with van der Waals surface area (Å²) in [6.07, 6.45) is 0. The van der Waals surface area contributed by atoms with Crippen LogP contribution in [-0.4, -0.2) is 47.1 Å². The van der Waals surface area contributed by atoms with Crippen LogP contribution in [0.25, 0.3) is 21.5 Å². The molecule has 4 amide bonds. The number of nitrogens with one attached hydrogen (secondary N) is 4. The van der Waals surface area contributed by atoms with Crippen LogP contribution < -0.4 is 30.7 Å². The van der Waals surface area contributed by atoms with E-state index in [0.717, 1.165) is 0 Å². The van der Waals surface area contributed by atoms with Crippen molar-refractivity contribution < 1.29 is 38.9 Å². The second-order valence-corrected chi connectivity index (χ2v) is 17.3. The zero-order valence-electron chi connectivity index (χ0n) is 41.7. The van der Waals surface area contributed by atoms with Gasteiger partial charge in [-0.05, 0) is 122 Å². The average molecular weight is 1010 g/mol. The molecule has 0 unspecified atom stereocenters. The largest absolute Gasteiger partial charge is 0.505 e. The van der Waals surface area contributed by atoms with E-state index in [1.54, 1.807) is 161 Å². The third-order valence-corrected chi connectivity index (χ3v) is 12.2. The number of carbonyl (C=O) groups excluding carboxylic acids is 4. The first kappa shape index (κ1) is 50.7. The zero-order chi connectivity index (χ0) is 53.3. The minimum absolute atomic E-state index is 0.0189. The lowest BCUT2D eigenvalue weighted by Gasteiger charge is -2.16. The molecule has 0 aromatic heterocycles. The molecule has 0 aliphatic carbocycles. The third-order valence-electron chi connectivity index (χ3n) is 12.2. The molecule has 0 radical (unpaired) electrons. The molecule has 6 N–H and O–H groups in total. The van der Waals surface area contributed by atoms with Gasteiger partial charge in [0.2, 0.25) is 0 Å². The summed E-state index contributed by atoms with van der Waals surface area (Å²) in [7, 11) is 0. The lowest BCUT2D eigenvalue weighted by Crippen LogP contribution is -2.15. The first-order valence-corrected chi connectivity index (χ1v) is 24.2. The van der Waals surface area contributed by atoms with Crippen molar-refractivity contribution in [3.8, 4) is 23.0 Å². The van der Waals surface area contributed by atoms with Crippen LogP contribution >= 0.6 is 0 Å². The van der Waals surface area contributed by atoms with Crippen LogP contribution in [0.4, 0.5) is 45.5 Å². The molecule has 0 aliphatic rings. The average Bonchev–Trinajstić information content (AvgIpc) is 3.43. The van der Waals surface area contributed by atoms with E-state index in [4.69, 9.17) is 9.47 Å². The normalized spacial score (nSPS) is 11.2. The van der Waals surface area contributed by atoms with Crippen molar-refractivity contribution in [3.63, 3.8) is 0 Å². The Kier molecular flexibility index (Phi) is 15.1. The number of hydrogen-bond donors (Lipinski definition) is 6. The Morgan fingerprint density at radius 1 is 0.421 bits per heavy atom. The molecule has 378 valence electrons. The maximum atomic E-state index is 14.2. The molecule has 0 fully saturated rings. The second-order valence-electron chi connectivity index (χ2n) is 17.3. The topological polar surface area (TPSA) is 225 Å². The number of amides is 4. The highest BCUT2D eigenvalue weighted by molar-refractivity contribution is 6.14. The van der Waals surface area contributed by atoms with Crippen LogP contribution in [0.3, 0.4) is 0 Å². The summed E-state index contributed by atoms with van der Waals surface area (Å²) in [5.41, 5.74) is 3.89. The van der Waals surface area contributed by atoms with E-state index in [0.29, 0.717) is 55.4 Å². The van der Waals surface area contributed by atoms with E-state index in [1.165, 1.54) is 0 Å². The standard InChI is InChI=1S/C60H50N8O8/c1-5-75-55-43(57(71)61-39-21-9-7-10-22-39)27-17-29-47(55)65-67-51-41-25-15-13-19-37(41)33-45(53(51)69)59(73)63-49-31-36(4)50(32-35(49)3)64-60(74)46-34-38-20-14-16-26-42(38)52(54(46)70)68-66-48-30-18-28-44(56(48)76-6-2)58(72)62-40-23-11-8-12-24-40/h7-34,69-70H,5-6H2,1-4H3,(H,61,71)(H,62,72)(H,63,73)(H,64,74). The molecule has 16 nitrogen and oxygen atoms in total. The summed E-state index contributed by atoms with van der Waals surface area (Å²) < 4.78 is 11.8. The third kappa shape index (κ3) is 10.9. The van der Waals surface area contributed by atoms with Crippen molar-refractivity contribution in [3.05, 3.63) is 203 Å². The van der Waals surface area contributed by atoms with Crippen LogP contribution in [-0.2, 0) is 0 Å². The summed E-state index contributed by atoms with van der Waals surface area (Å²) in [5, 5.41) is 55.1. The van der Waals surface area contributed by atoms with Gasteiger partial charge in [-0.2, -0.15) is 0 Å². The molecule has 76 heavy (non-hydrogen) atoms. The first-order valence-electron chi connectivity index (χ1n) is 24.2. The quantitative estimate of drug-likeness (QED) is 0.0509. The molecule has 9 rings (SSSR count). The maximum Gasteiger partial charge on any atom is 0.259 e. The van der Waals surface area contributed by atoms with Crippen molar-refractivity contribution in [1.29, 1.82) is 0 Å². The number of phenolic OH excluding ortho intramolecular Hbond substituents is 2. The minimum atomic E-state index is -0.646. The Bertz CT molecular complexity index is 3520. The van der Waals surface area contributed by atoms with Gasteiger partial charge < -0.3 is 41.0 Å². The fraction of sp³-hybridized carbons (Fsp3) is 0.100. The molecular formula is C60H50N8O8. The molecule has 9 aromatic carbocycles. The molecule has 9 aromatic rings. The predicted octanol–water partition coefficient (Wildman–Crippen LogP) is 14.7. The summed E-state index contributed by atoms with van der Waals surface area (Å²) in [4.78, 5) is 55.1. The number of phenols is 2. The number of benzene rings is 9. The van der Waals surface area contributed by atoms with Crippen LogP contribution in [0.1, 0.15) is 66.4 Å². The van der Waals surface area contributed by atoms with Crippen LogP contribution in [0.2, 0.25) is 0 Å². The Labute approximate surface area is 436 Å². The number of nitrogens with zero attached hydrogens (tertiary/aromatic N) is 4. The smallest absolute Gasteiger partial charge is 0.259 e. The van der Waals surface area contributed by atoms with Gasteiger partial charge >= 0.3 is 0 Å². The highest BCUT2D eigenvalue weighted by Gasteiger charge is 2.24. The van der Waals surface area contributed by atoms with Crippen molar-refractivity contribution in [2.75, 3.05) is 34.5 Å². The molecule has 0 saturated heterocycles. The number of aryl methyl sites for hydroxylation is 2. The lowest BCUT2D eigenvalue weighted by molar-refractivity contribution is 0.101. The summed E-state index contributed by atoms with van der Waals surface area (Å²) >= 11 is 0. The fourth-order valence-corrected chi connectivity index (χ4v) is 8.45. The van der Waals surface area contributed by atoms with Crippen molar-refractivity contribution in [2.45, 2.75) is 27.7 Å². The maximum absolute atomic E-state index is 14.2. The molecule has 0 heterocycles. The fourth-order valence-electron chi connectivity index (χ4n) is 8.45. The van der Waals surface area contributed by atoms with E-state index < -0.39 is 35.1 Å². The molecular weight excluding hydrogens is 961 g/mol. The number of aromatic hydroxyl groups is 2. The highest BCUT2D eigenvalue weighted by atomic mass is 16.5. The van der Waals surface area contributed by atoms with Gasteiger partial charge in [0, 0.05) is 33.5 Å². The molecule has 0 spiro atoms. The highest BCUT2D eigenvalue weighted by Crippen LogP contribution is 2.44. The van der Waals surface area contributed by atoms with Gasteiger partial charge in [-0.25, -0.2) is 0 Å². The summed E-state index contributed by atoms with van der Waals surface area (Å²) in [5.74, 6) is -2.61. The SMILES string of the molecule is CCOc1c(N=Nc2c(O)c(C(=O)Nc3cc(C)c(NC(=O)c4cc5ccccc5c(N=Nc5cccc(C(=O)Nc6ccccc6)c5OCC)c4O)cc3C)cc3ccccc23)cccc1C(=O)Nc1ccccc1. The van der Waals surface area contributed by atoms with E-state index in [9.17, 15) is 29.4 Å². The van der Waals surface area contributed by atoms with Crippen molar-refractivity contribution >= 4 is 90.7 Å². The zero-order valence-corrected chi connectivity index (χ0v) is 41.7. The van der Waals surface area contributed by atoms with Gasteiger partial charge in [0.25, 0.3) is 23.6 Å². The van der Waals surface area contributed by atoms with E-state index >= 15 is 0 Å². The van der Waals surface area contributed by atoms with Gasteiger partial charge in [0.15, 0.2) is 23.0 Å². The molecule has 0 bridgehead atoms. The number of para-hydroxylation sites is 4. The van der Waals surface area contributed by atoms with Gasteiger partial charge in [-0.1, -0.05) is 97.1 Å². The molecule has 0 saturated carbocycles. The number of hydrogen-bond acceptors (Lipinski definition) is 12. The van der Waals surface area contributed by atoms with E-state index in [2.05, 4.69) is 41.7 Å². The monoisotopic (exact) mass is 1010 g/mol. The van der Waals surface area contributed by atoms with Gasteiger partial charge in [0.05, 0.1) is 35.5 Å². The molecule has 0 atom stereocenters. The Morgan fingerprint density at radius 3 is 1.18 bits per heavy atom. The van der Waals surface area contributed by atoms with E-state index in [1.807, 2.05) is 36.4 Å². The Morgan fingerprint density at radius 2 is 0.789 bits per heavy atom. The number of anilines is 4. The number of azo groups is 2. The summed E-state index contributed by atoms with van der Waals surface area (Å²) in [6, 6.07) is 48.4. The van der Waals surface area contributed by atoms with Crippen molar-refractivity contribution in [1.82, 2.24) is 0 Å². The summed E-state index contributed by atoms with van der Waals surface area (Å²) in [6.45, 7) is 7.51. The van der Waals surface area contributed by atoms with Gasteiger partial charge in [-0.3, -0.25) is 19.2 Å². The number of fused-ring (bicyclic) bond motifs is 2. The number of carbonyl (C=O) groups is 4. The molecule has 16 heteroatoms. The van der Waals surface area contributed by atoms with E-state index in [-0.39, 0.29) is 69.7 Å². The Hall–Kier alpha value is -10.2. The number of ether oxygens (including phenoxy) is 2. The van der Waals surface area contributed by atoms with Gasteiger partial charge in [-0.15, -0.1) is 20.5 Å². The van der Waals surface area contributed by atoms with Crippen molar-refractivity contribution in [2.24, 2.45) is 20.5 Å². The van der Waals surface area contributed by atoms with Crippen LogP contribution in [0.15, 0.2) is 190 Å². The first-order chi connectivity index (χ1) is 36.9. The van der Waals surface area contributed by atoms with Crippen LogP contribution in [0.5, 0.6) is 23.0 Å². The molecule has 0 aliphatic heterocycles.